The third-order valence-electron chi connectivity index (χ3n) is 4.73. The molecule has 3 rings (SSSR count). The first-order chi connectivity index (χ1) is 11.7. The summed E-state index contributed by atoms with van der Waals surface area (Å²) in [4.78, 5) is 26.1. The smallest absolute Gasteiger partial charge is 0.227 e. The van der Waals surface area contributed by atoms with Gasteiger partial charge in [0.15, 0.2) is 0 Å². The van der Waals surface area contributed by atoms with Crippen molar-refractivity contribution in [3.63, 3.8) is 0 Å². The molecule has 0 aliphatic carbocycles. The lowest BCUT2D eigenvalue weighted by atomic mass is 10.00. The summed E-state index contributed by atoms with van der Waals surface area (Å²) >= 11 is 0. The van der Waals surface area contributed by atoms with Gasteiger partial charge in [-0.15, -0.1) is 0 Å². The van der Waals surface area contributed by atoms with E-state index in [0.717, 1.165) is 62.2 Å². The van der Waals surface area contributed by atoms with Crippen molar-refractivity contribution >= 4 is 23.2 Å². The second kappa shape index (κ2) is 7.79. The van der Waals surface area contributed by atoms with Crippen molar-refractivity contribution in [2.24, 2.45) is 0 Å². The monoisotopic (exact) mass is 330 g/mol. The second-order valence-corrected chi connectivity index (χ2v) is 6.61. The number of nitrogens with one attached hydrogen (secondary N) is 1. The van der Waals surface area contributed by atoms with Gasteiger partial charge >= 0.3 is 0 Å². The minimum Gasteiger partial charge on any atom is -0.378 e. The van der Waals surface area contributed by atoms with Gasteiger partial charge in [-0.3, -0.25) is 9.59 Å². The summed E-state index contributed by atoms with van der Waals surface area (Å²) in [6.45, 7) is 3.65. The Morgan fingerprint density at radius 2 is 2.25 bits per heavy atom. The molecular formula is C19H26N2O3. The fraction of sp³-hybridized carbons (Fsp3) is 0.579. The number of aryl methyl sites for hydroxylation is 1. The van der Waals surface area contributed by atoms with Crippen LogP contribution in [0, 0.1) is 0 Å². The lowest BCUT2D eigenvalue weighted by Crippen LogP contribution is -2.35. The van der Waals surface area contributed by atoms with Crippen LogP contribution in [0.1, 0.15) is 51.0 Å². The average Bonchev–Trinajstić information content (AvgIpc) is 3.09. The minimum atomic E-state index is 0.0303. The number of anilines is 2. The number of fused-ring (bicyclic) bond motifs is 1. The quantitative estimate of drug-likeness (QED) is 0.871. The topological polar surface area (TPSA) is 58.6 Å². The van der Waals surface area contributed by atoms with E-state index in [2.05, 4.69) is 12.2 Å². The molecule has 0 saturated carbocycles. The molecule has 1 saturated heterocycles. The van der Waals surface area contributed by atoms with E-state index >= 15 is 0 Å². The minimum absolute atomic E-state index is 0.0303. The van der Waals surface area contributed by atoms with E-state index in [1.54, 1.807) is 0 Å². The van der Waals surface area contributed by atoms with Crippen LogP contribution in [0.15, 0.2) is 18.2 Å². The summed E-state index contributed by atoms with van der Waals surface area (Å²) in [5, 5.41) is 2.98. The third kappa shape index (κ3) is 3.96. The highest BCUT2D eigenvalue weighted by molar-refractivity contribution is 5.97. The third-order valence-corrected chi connectivity index (χ3v) is 4.73. The SMILES string of the molecule is CCCN1C(=O)CCc2cc(NC(=O)CCC3CCCO3)ccc21. The number of hydrogen-bond acceptors (Lipinski definition) is 3. The summed E-state index contributed by atoms with van der Waals surface area (Å²) in [6, 6.07) is 5.86. The van der Waals surface area contributed by atoms with Crippen LogP contribution >= 0.6 is 0 Å². The van der Waals surface area contributed by atoms with Gasteiger partial charge in [-0.2, -0.15) is 0 Å². The predicted octanol–water partition coefficient (Wildman–Crippen LogP) is 3.27. The Hall–Kier alpha value is -1.88. The van der Waals surface area contributed by atoms with Gasteiger partial charge in [0, 0.05) is 37.4 Å². The van der Waals surface area contributed by atoms with Gasteiger partial charge in [0.2, 0.25) is 11.8 Å². The van der Waals surface area contributed by atoms with Crippen LogP contribution < -0.4 is 10.2 Å². The maximum atomic E-state index is 12.1. The molecule has 2 aliphatic rings. The molecule has 0 aromatic heterocycles. The fourth-order valence-corrected chi connectivity index (χ4v) is 3.49. The number of carbonyl (C=O) groups is 2. The Bertz CT molecular complexity index is 609. The standard InChI is InChI=1S/C19H26N2O3/c1-2-11-21-17-8-6-15(13-14(17)5-10-19(21)23)20-18(22)9-7-16-4-3-12-24-16/h6,8,13,16H,2-5,7,9-12H2,1H3,(H,20,22). The molecule has 24 heavy (non-hydrogen) atoms. The molecule has 0 spiro atoms. The van der Waals surface area contributed by atoms with Crippen molar-refractivity contribution < 1.29 is 14.3 Å². The highest BCUT2D eigenvalue weighted by Gasteiger charge is 2.23. The van der Waals surface area contributed by atoms with Gasteiger partial charge in [0.1, 0.15) is 0 Å². The predicted molar refractivity (Wildman–Crippen MR) is 94.2 cm³/mol. The summed E-state index contributed by atoms with van der Waals surface area (Å²) < 4.78 is 5.56. The number of ether oxygens (including phenoxy) is 1. The van der Waals surface area contributed by atoms with Crippen molar-refractivity contribution in [1.82, 2.24) is 0 Å². The summed E-state index contributed by atoms with van der Waals surface area (Å²) in [7, 11) is 0. The van der Waals surface area contributed by atoms with E-state index in [-0.39, 0.29) is 17.9 Å². The van der Waals surface area contributed by atoms with E-state index in [1.807, 2.05) is 23.1 Å². The van der Waals surface area contributed by atoms with Crippen molar-refractivity contribution in [3.05, 3.63) is 23.8 Å². The number of nitrogens with zero attached hydrogens (tertiary/aromatic N) is 1. The second-order valence-electron chi connectivity index (χ2n) is 6.61. The normalized spacial score (nSPS) is 20.1. The molecule has 1 unspecified atom stereocenters. The van der Waals surface area contributed by atoms with E-state index in [4.69, 9.17) is 4.74 Å². The van der Waals surface area contributed by atoms with E-state index in [9.17, 15) is 9.59 Å². The van der Waals surface area contributed by atoms with Crippen molar-refractivity contribution in [2.45, 2.75) is 58.0 Å². The molecule has 1 atom stereocenters. The average molecular weight is 330 g/mol. The summed E-state index contributed by atoms with van der Waals surface area (Å²) in [6.07, 6.45) is 5.91. The molecule has 1 fully saturated rings. The number of rotatable bonds is 6. The molecule has 2 amide bonds. The lowest BCUT2D eigenvalue weighted by Gasteiger charge is -2.29. The molecule has 130 valence electrons. The molecule has 0 radical (unpaired) electrons. The van der Waals surface area contributed by atoms with Crippen LogP contribution in [0.5, 0.6) is 0 Å². The van der Waals surface area contributed by atoms with E-state index in [0.29, 0.717) is 12.8 Å². The molecule has 5 nitrogen and oxygen atoms in total. The molecule has 1 aromatic carbocycles. The van der Waals surface area contributed by atoms with Crippen LogP contribution in [0.25, 0.3) is 0 Å². The molecular weight excluding hydrogens is 304 g/mol. The van der Waals surface area contributed by atoms with E-state index in [1.165, 1.54) is 0 Å². The van der Waals surface area contributed by atoms with Crippen LogP contribution in [0.2, 0.25) is 0 Å². The molecule has 5 heteroatoms. The Kier molecular flexibility index (Phi) is 5.51. The van der Waals surface area contributed by atoms with Crippen molar-refractivity contribution in [1.29, 1.82) is 0 Å². The number of amides is 2. The van der Waals surface area contributed by atoms with Gasteiger partial charge in [-0.05, 0) is 55.9 Å². The molecule has 2 aliphatic heterocycles. The summed E-state index contributed by atoms with van der Waals surface area (Å²) in [5.74, 6) is 0.223. The Balaban J connectivity index is 1.61. The number of hydrogen-bond donors (Lipinski definition) is 1. The number of benzene rings is 1. The fourth-order valence-electron chi connectivity index (χ4n) is 3.49. The Labute approximate surface area is 143 Å². The largest absolute Gasteiger partial charge is 0.378 e. The molecule has 0 bridgehead atoms. The van der Waals surface area contributed by atoms with Crippen molar-refractivity contribution in [3.8, 4) is 0 Å². The first-order valence-electron chi connectivity index (χ1n) is 9.02. The highest BCUT2D eigenvalue weighted by atomic mass is 16.5. The van der Waals surface area contributed by atoms with Gasteiger partial charge in [0.25, 0.3) is 0 Å². The van der Waals surface area contributed by atoms with Crippen LogP contribution in [0.4, 0.5) is 11.4 Å². The molecule has 1 N–H and O–H groups in total. The van der Waals surface area contributed by atoms with Crippen LogP contribution in [-0.4, -0.2) is 31.1 Å². The zero-order valence-corrected chi connectivity index (χ0v) is 14.3. The lowest BCUT2D eigenvalue weighted by molar-refractivity contribution is -0.119. The van der Waals surface area contributed by atoms with Gasteiger partial charge in [-0.25, -0.2) is 0 Å². The molecule has 1 aromatic rings. The Morgan fingerprint density at radius 3 is 3.00 bits per heavy atom. The zero-order valence-electron chi connectivity index (χ0n) is 14.3. The first-order valence-corrected chi connectivity index (χ1v) is 9.02. The van der Waals surface area contributed by atoms with Gasteiger partial charge in [0.05, 0.1) is 6.10 Å². The van der Waals surface area contributed by atoms with Gasteiger partial charge < -0.3 is 15.0 Å². The zero-order chi connectivity index (χ0) is 16.9. The van der Waals surface area contributed by atoms with Crippen LogP contribution in [-0.2, 0) is 20.7 Å². The summed E-state index contributed by atoms with van der Waals surface area (Å²) in [5.41, 5.74) is 2.95. The van der Waals surface area contributed by atoms with E-state index < -0.39 is 0 Å². The highest BCUT2D eigenvalue weighted by Crippen LogP contribution is 2.30. The van der Waals surface area contributed by atoms with Gasteiger partial charge in [-0.1, -0.05) is 6.92 Å². The maximum Gasteiger partial charge on any atom is 0.227 e. The van der Waals surface area contributed by atoms with Crippen molar-refractivity contribution in [2.75, 3.05) is 23.4 Å². The molecule has 2 heterocycles. The Morgan fingerprint density at radius 1 is 1.38 bits per heavy atom. The van der Waals surface area contributed by atoms with Crippen LogP contribution in [0.3, 0.4) is 0 Å². The number of carbonyl (C=O) groups excluding carboxylic acids is 2. The first kappa shape index (κ1) is 17.0. The maximum absolute atomic E-state index is 12.1.